The Morgan fingerprint density at radius 3 is 2.52 bits per heavy atom. The maximum absolute atomic E-state index is 13.3. The molecule has 1 aliphatic rings. The molecule has 6 heteroatoms. The quantitative estimate of drug-likeness (QED) is 0.535. The molecule has 1 fully saturated rings. The summed E-state index contributed by atoms with van der Waals surface area (Å²) < 4.78 is 16.8. The molecule has 33 heavy (non-hydrogen) atoms. The van der Waals surface area contributed by atoms with Gasteiger partial charge in [0.25, 0.3) is 5.91 Å². The summed E-state index contributed by atoms with van der Waals surface area (Å²) in [6.45, 7) is 0.201. The molecular weight excluding hydrogens is 438 g/mol. The number of nitrogens with one attached hydrogen (secondary N) is 1. The van der Waals surface area contributed by atoms with Crippen LogP contribution in [0.2, 0.25) is 5.02 Å². The average Bonchev–Trinajstić information content (AvgIpc) is 2.84. The Hall–Kier alpha value is -3.12. The van der Waals surface area contributed by atoms with Gasteiger partial charge < -0.3 is 19.5 Å². The van der Waals surface area contributed by atoms with E-state index in [0.717, 1.165) is 31.2 Å². The molecular formula is C27H28ClNO4. The topological polar surface area (TPSA) is 56.8 Å². The van der Waals surface area contributed by atoms with Crippen molar-refractivity contribution >= 4 is 17.5 Å². The molecule has 0 heterocycles. The zero-order chi connectivity index (χ0) is 23.6. The van der Waals surface area contributed by atoms with Gasteiger partial charge in [0.05, 0.1) is 7.11 Å². The van der Waals surface area contributed by atoms with Gasteiger partial charge in [-0.3, -0.25) is 4.79 Å². The van der Waals surface area contributed by atoms with Crippen LogP contribution in [0.1, 0.15) is 48.8 Å². The fourth-order valence-corrected chi connectivity index (χ4v) is 4.33. The molecule has 1 amide bonds. The predicted molar refractivity (Wildman–Crippen MR) is 129 cm³/mol. The number of hydrogen-bond acceptors (Lipinski definition) is 4. The van der Waals surface area contributed by atoms with E-state index >= 15 is 0 Å². The normalized spacial score (nSPS) is 18.4. The molecule has 1 N–H and O–H groups in total. The van der Waals surface area contributed by atoms with Crippen LogP contribution in [-0.2, 0) is 9.53 Å². The summed E-state index contributed by atoms with van der Waals surface area (Å²) in [6.07, 6.45) is 13.8. The number of methoxy groups -OCH3 is 1. The van der Waals surface area contributed by atoms with Crippen molar-refractivity contribution in [3.05, 3.63) is 58.6 Å². The van der Waals surface area contributed by atoms with Gasteiger partial charge in [0.1, 0.15) is 13.2 Å². The molecule has 0 bridgehead atoms. The van der Waals surface area contributed by atoms with E-state index in [-0.39, 0.29) is 31.1 Å². The van der Waals surface area contributed by atoms with E-state index in [1.807, 2.05) is 18.2 Å². The van der Waals surface area contributed by atoms with Crippen LogP contribution in [-0.4, -0.2) is 32.3 Å². The fourth-order valence-electron chi connectivity index (χ4n) is 4.21. The highest BCUT2D eigenvalue weighted by Gasteiger charge is 2.31. The third-order valence-electron chi connectivity index (χ3n) is 5.76. The monoisotopic (exact) mass is 465 g/mol. The molecule has 0 aliphatic heterocycles. The van der Waals surface area contributed by atoms with Gasteiger partial charge in [0.15, 0.2) is 17.6 Å². The molecule has 0 saturated heterocycles. The number of terminal acetylenes is 2. The molecule has 0 aromatic heterocycles. The van der Waals surface area contributed by atoms with E-state index in [2.05, 4.69) is 17.2 Å². The fraction of sp³-hybridized carbons (Fsp3) is 0.370. The molecule has 1 saturated carbocycles. The SMILES string of the molecule is C#CCOc1ccc([C@H]2CCCC[C@@H]2NC(=O)C(OCC#C)c2ccc(Cl)cc2)cc1OC. The minimum atomic E-state index is -0.810. The smallest absolute Gasteiger partial charge is 0.254 e. The first-order valence-corrected chi connectivity index (χ1v) is 11.3. The van der Waals surface area contributed by atoms with E-state index in [1.54, 1.807) is 31.4 Å². The maximum Gasteiger partial charge on any atom is 0.254 e. The molecule has 2 aromatic carbocycles. The average molecular weight is 466 g/mol. The Kier molecular flexibility index (Phi) is 9.07. The minimum absolute atomic E-state index is 0.0329. The van der Waals surface area contributed by atoms with Gasteiger partial charge in [0, 0.05) is 17.0 Å². The molecule has 0 spiro atoms. The largest absolute Gasteiger partial charge is 0.493 e. The van der Waals surface area contributed by atoms with Crippen LogP contribution in [0.3, 0.4) is 0 Å². The molecule has 172 valence electrons. The van der Waals surface area contributed by atoms with Gasteiger partial charge in [0.2, 0.25) is 0 Å². The van der Waals surface area contributed by atoms with Gasteiger partial charge >= 0.3 is 0 Å². The number of benzene rings is 2. The highest BCUT2D eigenvalue weighted by atomic mass is 35.5. The first kappa shape index (κ1) is 24.5. The Morgan fingerprint density at radius 1 is 1.09 bits per heavy atom. The van der Waals surface area contributed by atoms with Gasteiger partial charge in [-0.1, -0.05) is 54.5 Å². The molecule has 1 unspecified atom stereocenters. The Balaban J connectivity index is 1.80. The van der Waals surface area contributed by atoms with Crippen LogP contribution >= 0.6 is 11.6 Å². The summed E-state index contributed by atoms with van der Waals surface area (Å²) in [7, 11) is 1.60. The molecule has 0 radical (unpaired) electrons. The van der Waals surface area contributed by atoms with Crippen molar-refractivity contribution in [3.8, 4) is 36.2 Å². The van der Waals surface area contributed by atoms with Gasteiger partial charge in [-0.05, 0) is 48.2 Å². The van der Waals surface area contributed by atoms with Gasteiger partial charge in [-0.15, -0.1) is 12.8 Å². The highest BCUT2D eigenvalue weighted by Crippen LogP contribution is 2.38. The van der Waals surface area contributed by atoms with Crippen molar-refractivity contribution in [2.24, 2.45) is 0 Å². The van der Waals surface area contributed by atoms with Crippen molar-refractivity contribution in [3.63, 3.8) is 0 Å². The number of rotatable bonds is 9. The highest BCUT2D eigenvalue weighted by molar-refractivity contribution is 6.30. The standard InChI is InChI=1S/C27H28ClNO4/c1-4-16-32-24-15-12-20(18-25(24)31-3)22-8-6-7-9-23(22)29-27(30)26(33-17-5-2)19-10-13-21(28)14-11-19/h1-2,10-15,18,22-23,26H,6-9,16-17H2,3H3,(H,29,30)/t22-,23+,26?/m1/s1. The second-order valence-electron chi connectivity index (χ2n) is 7.86. The number of hydrogen-bond donors (Lipinski definition) is 1. The summed E-state index contributed by atoms with van der Waals surface area (Å²) in [4.78, 5) is 13.3. The molecule has 5 nitrogen and oxygen atoms in total. The Morgan fingerprint density at radius 2 is 1.82 bits per heavy atom. The van der Waals surface area contributed by atoms with E-state index in [0.29, 0.717) is 22.1 Å². The summed E-state index contributed by atoms with van der Waals surface area (Å²) in [5.41, 5.74) is 1.79. The van der Waals surface area contributed by atoms with Crippen molar-refractivity contribution in [2.45, 2.75) is 43.7 Å². The first-order valence-electron chi connectivity index (χ1n) is 10.9. The zero-order valence-corrected chi connectivity index (χ0v) is 19.4. The predicted octanol–water partition coefficient (Wildman–Crippen LogP) is 4.89. The molecule has 2 aromatic rings. The second kappa shape index (κ2) is 12.2. The van der Waals surface area contributed by atoms with E-state index in [9.17, 15) is 4.79 Å². The van der Waals surface area contributed by atoms with Crippen LogP contribution in [0.25, 0.3) is 0 Å². The number of carbonyl (C=O) groups is 1. The van der Waals surface area contributed by atoms with Crippen molar-refractivity contribution < 1.29 is 19.0 Å². The molecule has 3 rings (SSSR count). The third kappa shape index (κ3) is 6.45. The van der Waals surface area contributed by atoms with E-state index < -0.39 is 6.10 Å². The molecule has 1 aliphatic carbocycles. The summed E-state index contributed by atoms with van der Waals surface area (Å²) >= 11 is 6.00. The van der Waals surface area contributed by atoms with E-state index in [1.165, 1.54) is 0 Å². The number of amides is 1. The Labute approximate surface area is 200 Å². The maximum atomic E-state index is 13.3. The zero-order valence-electron chi connectivity index (χ0n) is 18.7. The van der Waals surface area contributed by atoms with Crippen LogP contribution in [0.4, 0.5) is 0 Å². The summed E-state index contributed by atoms with van der Waals surface area (Å²) in [5.74, 6) is 6.03. The van der Waals surface area contributed by atoms with Crippen molar-refractivity contribution in [2.75, 3.05) is 20.3 Å². The van der Waals surface area contributed by atoms with Crippen molar-refractivity contribution in [1.29, 1.82) is 0 Å². The van der Waals surface area contributed by atoms with Crippen molar-refractivity contribution in [1.82, 2.24) is 5.32 Å². The first-order chi connectivity index (χ1) is 16.1. The summed E-state index contributed by atoms with van der Waals surface area (Å²) in [5, 5.41) is 3.80. The lowest BCUT2D eigenvalue weighted by atomic mass is 9.79. The Bertz CT molecular complexity index is 1020. The van der Waals surface area contributed by atoms with Gasteiger partial charge in [-0.25, -0.2) is 0 Å². The minimum Gasteiger partial charge on any atom is -0.493 e. The summed E-state index contributed by atoms with van der Waals surface area (Å²) in [6, 6.07) is 12.8. The lowest BCUT2D eigenvalue weighted by Crippen LogP contribution is -2.43. The number of ether oxygens (including phenoxy) is 3. The number of halogens is 1. The van der Waals surface area contributed by atoms with Crippen LogP contribution in [0.5, 0.6) is 11.5 Å². The third-order valence-corrected chi connectivity index (χ3v) is 6.02. The van der Waals surface area contributed by atoms with Crippen LogP contribution < -0.4 is 14.8 Å². The second-order valence-corrected chi connectivity index (χ2v) is 8.29. The van der Waals surface area contributed by atoms with Gasteiger partial charge in [-0.2, -0.15) is 0 Å². The van der Waals surface area contributed by atoms with Crippen LogP contribution in [0, 0.1) is 24.7 Å². The lowest BCUT2D eigenvalue weighted by molar-refractivity contribution is -0.133. The molecule has 3 atom stereocenters. The van der Waals surface area contributed by atoms with E-state index in [4.69, 9.17) is 38.7 Å². The number of carbonyl (C=O) groups excluding carboxylic acids is 1. The van der Waals surface area contributed by atoms with Crippen LogP contribution in [0.15, 0.2) is 42.5 Å². The lowest BCUT2D eigenvalue weighted by Gasteiger charge is -2.34.